The van der Waals surface area contributed by atoms with Crippen LogP contribution < -0.4 is 15.4 Å². The van der Waals surface area contributed by atoms with Gasteiger partial charge in [-0.25, -0.2) is 0 Å². The van der Waals surface area contributed by atoms with Gasteiger partial charge in [0, 0.05) is 5.02 Å². The number of fused-ring (bicyclic) bond motifs is 1. The van der Waals surface area contributed by atoms with E-state index in [1.807, 2.05) is 0 Å². The number of benzene rings is 1. The lowest BCUT2D eigenvalue weighted by Gasteiger charge is -2.42. The Hall–Kier alpha value is -1.79. The van der Waals surface area contributed by atoms with Crippen molar-refractivity contribution in [1.82, 2.24) is 10.6 Å². The van der Waals surface area contributed by atoms with Gasteiger partial charge in [-0.2, -0.15) is 0 Å². The van der Waals surface area contributed by atoms with Crippen LogP contribution in [0.5, 0.6) is 5.75 Å². The van der Waals surface area contributed by atoms with Gasteiger partial charge in [-0.1, -0.05) is 25.4 Å². The van der Waals surface area contributed by atoms with E-state index < -0.39 is 0 Å². The van der Waals surface area contributed by atoms with E-state index in [0.29, 0.717) is 16.2 Å². The highest BCUT2D eigenvalue weighted by Crippen LogP contribution is 2.70. The lowest BCUT2D eigenvalue weighted by molar-refractivity contribution is -0.134. The van der Waals surface area contributed by atoms with Crippen molar-refractivity contribution in [3.05, 3.63) is 29.3 Å². The van der Waals surface area contributed by atoms with Crippen LogP contribution in [0, 0.1) is 5.41 Å². The molecule has 0 unspecified atom stereocenters. The van der Waals surface area contributed by atoms with Crippen molar-refractivity contribution in [2.45, 2.75) is 56.7 Å². The van der Waals surface area contributed by atoms with Gasteiger partial charge in [0.1, 0.15) is 12.4 Å². The molecule has 7 heteroatoms. The monoisotopic (exact) mass is 392 g/mol. The molecule has 0 aromatic heterocycles. The predicted molar refractivity (Wildman–Crippen MR) is 101 cm³/mol. The van der Waals surface area contributed by atoms with Crippen molar-refractivity contribution in [2.75, 3.05) is 13.2 Å². The van der Waals surface area contributed by atoms with Gasteiger partial charge in [0.25, 0.3) is 5.91 Å². The van der Waals surface area contributed by atoms with Crippen LogP contribution in [0.15, 0.2) is 24.3 Å². The van der Waals surface area contributed by atoms with Gasteiger partial charge in [0.15, 0.2) is 6.61 Å². The Morgan fingerprint density at radius 2 is 1.59 bits per heavy atom. The molecular formula is C20H25ClN2O4. The van der Waals surface area contributed by atoms with E-state index in [2.05, 4.69) is 24.5 Å². The molecular weight excluding hydrogens is 368 g/mol. The van der Waals surface area contributed by atoms with Crippen LogP contribution >= 0.6 is 11.6 Å². The molecule has 0 atom stereocenters. The predicted octanol–water partition coefficient (Wildman–Crippen LogP) is 2.44. The quantitative estimate of drug-likeness (QED) is 0.712. The smallest absolute Gasteiger partial charge is 0.258 e. The maximum absolute atomic E-state index is 12.1. The fourth-order valence-corrected chi connectivity index (χ4v) is 4.20. The highest BCUT2D eigenvalue weighted by Gasteiger charge is 2.85. The van der Waals surface area contributed by atoms with Gasteiger partial charge in [0.05, 0.1) is 17.2 Å². The molecule has 27 heavy (non-hydrogen) atoms. The molecule has 4 rings (SSSR count). The average molecular weight is 393 g/mol. The summed E-state index contributed by atoms with van der Waals surface area (Å²) in [6.45, 7) is 4.43. The molecule has 0 radical (unpaired) electrons. The summed E-state index contributed by atoms with van der Waals surface area (Å²) in [5.41, 5.74) is -0.232. The second-order valence-electron chi connectivity index (χ2n) is 8.86. The molecule has 3 saturated carbocycles. The summed E-state index contributed by atoms with van der Waals surface area (Å²) < 4.78 is 11.1. The van der Waals surface area contributed by atoms with E-state index in [1.54, 1.807) is 24.3 Å². The summed E-state index contributed by atoms with van der Waals surface area (Å²) >= 11 is 5.82. The Balaban J connectivity index is 1.15. The van der Waals surface area contributed by atoms with Gasteiger partial charge >= 0.3 is 0 Å². The molecule has 0 heterocycles. The maximum Gasteiger partial charge on any atom is 0.258 e. The molecule has 6 nitrogen and oxygen atoms in total. The van der Waals surface area contributed by atoms with Crippen LogP contribution in [0.1, 0.15) is 39.5 Å². The first-order chi connectivity index (χ1) is 12.7. The maximum atomic E-state index is 12.1. The summed E-state index contributed by atoms with van der Waals surface area (Å²) in [7, 11) is 0. The molecule has 3 aliphatic carbocycles. The summed E-state index contributed by atoms with van der Waals surface area (Å²) in [6, 6.07) is 6.86. The van der Waals surface area contributed by atoms with E-state index in [-0.39, 0.29) is 42.2 Å². The standard InChI is InChI=1S/C20H25ClN2O4/c1-18(2)7-15(8-18)27-10-17(25)23-20-11-19(20,12-20)22-16(24)9-26-14-5-3-13(21)4-6-14/h3-6,15H,7-12H2,1-2H3,(H,22,24)(H,23,25). The van der Waals surface area contributed by atoms with Crippen LogP contribution in [0.3, 0.4) is 0 Å². The minimum atomic E-state index is -0.290. The molecule has 3 fully saturated rings. The van der Waals surface area contributed by atoms with Crippen molar-refractivity contribution in [1.29, 1.82) is 0 Å². The van der Waals surface area contributed by atoms with Crippen LogP contribution in [-0.4, -0.2) is 42.2 Å². The van der Waals surface area contributed by atoms with Gasteiger partial charge in [-0.05, 0) is 55.4 Å². The lowest BCUT2D eigenvalue weighted by atomic mass is 9.70. The highest BCUT2D eigenvalue weighted by molar-refractivity contribution is 6.30. The minimum absolute atomic E-state index is 0.0615. The van der Waals surface area contributed by atoms with Crippen LogP contribution in [0.2, 0.25) is 5.02 Å². The molecule has 0 aliphatic heterocycles. The van der Waals surface area contributed by atoms with E-state index >= 15 is 0 Å². The van der Waals surface area contributed by atoms with Gasteiger partial charge in [0.2, 0.25) is 5.91 Å². The third kappa shape index (κ3) is 3.92. The van der Waals surface area contributed by atoms with Crippen molar-refractivity contribution in [3.63, 3.8) is 0 Å². The summed E-state index contributed by atoms with van der Waals surface area (Å²) in [5, 5.41) is 6.62. The summed E-state index contributed by atoms with van der Waals surface area (Å²) in [4.78, 5) is 24.2. The molecule has 1 aromatic carbocycles. The minimum Gasteiger partial charge on any atom is -0.484 e. The van der Waals surface area contributed by atoms with E-state index in [0.717, 1.165) is 25.7 Å². The van der Waals surface area contributed by atoms with Gasteiger partial charge < -0.3 is 20.1 Å². The molecule has 2 N–H and O–H groups in total. The van der Waals surface area contributed by atoms with E-state index in [9.17, 15) is 9.59 Å². The number of halogens is 1. The van der Waals surface area contributed by atoms with Crippen molar-refractivity contribution in [2.24, 2.45) is 5.41 Å². The van der Waals surface area contributed by atoms with E-state index in [4.69, 9.17) is 21.1 Å². The Bertz CT molecular complexity index is 748. The highest BCUT2D eigenvalue weighted by atomic mass is 35.5. The summed E-state index contributed by atoms with van der Waals surface area (Å²) in [5.74, 6) is 0.298. The first kappa shape index (κ1) is 18.6. The Labute approximate surface area is 163 Å². The van der Waals surface area contributed by atoms with Crippen molar-refractivity contribution < 1.29 is 19.1 Å². The Morgan fingerprint density at radius 3 is 2.15 bits per heavy atom. The SMILES string of the molecule is CC1(C)CC(OCC(=O)NC23CC2(NC(=O)COc2ccc(Cl)cc2)C3)C1. The number of carbonyl (C=O) groups excluding carboxylic acids is 2. The first-order valence-electron chi connectivity index (χ1n) is 9.33. The summed E-state index contributed by atoms with van der Waals surface area (Å²) in [6.07, 6.45) is 3.73. The number of hydrogen-bond acceptors (Lipinski definition) is 4. The lowest BCUT2D eigenvalue weighted by Crippen LogP contribution is -2.42. The molecule has 2 amide bonds. The topological polar surface area (TPSA) is 76.7 Å². The second-order valence-corrected chi connectivity index (χ2v) is 9.30. The first-order valence-corrected chi connectivity index (χ1v) is 9.71. The molecule has 3 aliphatic rings. The van der Waals surface area contributed by atoms with Crippen molar-refractivity contribution in [3.8, 4) is 5.75 Å². The molecule has 0 saturated heterocycles. The Morgan fingerprint density at radius 1 is 1.04 bits per heavy atom. The van der Waals surface area contributed by atoms with Gasteiger partial charge in [-0.3, -0.25) is 9.59 Å². The normalized spacial score (nSPS) is 29.9. The molecule has 0 bridgehead atoms. The second kappa shape index (κ2) is 6.38. The van der Waals surface area contributed by atoms with Gasteiger partial charge in [-0.15, -0.1) is 0 Å². The van der Waals surface area contributed by atoms with E-state index in [1.165, 1.54) is 0 Å². The number of carbonyl (C=O) groups is 2. The van der Waals surface area contributed by atoms with Crippen LogP contribution in [-0.2, 0) is 14.3 Å². The third-order valence-electron chi connectivity index (χ3n) is 5.82. The number of amides is 2. The fraction of sp³-hybridized carbons (Fsp3) is 0.600. The number of nitrogens with one attached hydrogen (secondary N) is 2. The Kier molecular flexibility index (Phi) is 4.39. The molecule has 0 spiro atoms. The number of rotatable bonds is 8. The van der Waals surface area contributed by atoms with Crippen LogP contribution in [0.4, 0.5) is 0 Å². The zero-order valence-corrected chi connectivity index (χ0v) is 16.4. The molecule has 1 aromatic rings. The average Bonchev–Trinajstić information content (AvgIpc) is 3.35. The zero-order chi connectivity index (χ0) is 19.3. The number of hydrogen-bond donors (Lipinski definition) is 2. The largest absolute Gasteiger partial charge is 0.484 e. The fourth-order valence-electron chi connectivity index (χ4n) is 4.08. The third-order valence-corrected chi connectivity index (χ3v) is 6.08. The van der Waals surface area contributed by atoms with Crippen LogP contribution in [0.25, 0.3) is 0 Å². The molecule has 146 valence electrons. The zero-order valence-electron chi connectivity index (χ0n) is 15.6. The van der Waals surface area contributed by atoms with Crippen molar-refractivity contribution >= 4 is 23.4 Å². The number of ether oxygens (including phenoxy) is 2.